The van der Waals surface area contributed by atoms with Gasteiger partial charge in [0.1, 0.15) is 0 Å². The van der Waals surface area contributed by atoms with Gasteiger partial charge >= 0.3 is 6.09 Å². The van der Waals surface area contributed by atoms with Gasteiger partial charge in [0.15, 0.2) is 0 Å². The molecule has 2 N–H and O–H groups in total. The molecule has 1 aromatic carbocycles. The first-order valence-corrected chi connectivity index (χ1v) is 5.71. The van der Waals surface area contributed by atoms with Gasteiger partial charge in [-0.1, -0.05) is 42.8 Å². The van der Waals surface area contributed by atoms with Gasteiger partial charge in [-0.2, -0.15) is 0 Å². The van der Waals surface area contributed by atoms with Crippen molar-refractivity contribution in [1.29, 1.82) is 0 Å². The van der Waals surface area contributed by atoms with E-state index in [4.69, 9.17) is 5.11 Å². The maximum absolute atomic E-state index is 10.8. The van der Waals surface area contributed by atoms with Crippen molar-refractivity contribution in [2.45, 2.75) is 26.3 Å². The van der Waals surface area contributed by atoms with Gasteiger partial charge in [-0.3, -0.25) is 0 Å². The van der Waals surface area contributed by atoms with Crippen molar-refractivity contribution < 1.29 is 9.90 Å². The van der Waals surface area contributed by atoms with Crippen LogP contribution in [0.2, 0.25) is 0 Å². The molecule has 1 rings (SSSR count). The Balaban J connectivity index is 2.96. The van der Waals surface area contributed by atoms with E-state index in [1.807, 2.05) is 44.2 Å². The Hall–Kier alpha value is -1.77. The summed E-state index contributed by atoms with van der Waals surface area (Å²) in [5.74, 6) is 0.186. The summed E-state index contributed by atoms with van der Waals surface area (Å²) in [6, 6.07) is 7.72. The fourth-order valence-corrected chi connectivity index (χ4v) is 1.95. The molecule has 0 saturated carbocycles. The molecule has 0 aliphatic rings. The lowest BCUT2D eigenvalue weighted by Crippen LogP contribution is -2.31. The smallest absolute Gasteiger partial charge is 0.405 e. The molecule has 3 heteroatoms. The number of carboxylic acid groups (broad SMARTS) is 1. The minimum Gasteiger partial charge on any atom is -0.465 e. The lowest BCUT2D eigenvalue weighted by Gasteiger charge is -2.23. The third-order valence-electron chi connectivity index (χ3n) is 2.79. The van der Waals surface area contributed by atoms with Crippen molar-refractivity contribution in [3.63, 3.8) is 0 Å². The van der Waals surface area contributed by atoms with Crippen molar-refractivity contribution >= 4 is 6.09 Å². The number of aryl methyl sites for hydroxylation is 1. The molecule has 1 aromatic rings. The van der Waals surface area contributed by atoms with Crippen molar-refractivity contribution in [3.8, 4) is 0 Å². The number of benzene rings is 1. The van der Waals surface area contributed by atoms with Crippen LogP contribution in [-0.4, -0.2) is 11.2 Å². The number of hydrogen-bond acceptors (Lipinski definition) is 1. The van der Waals surface area contributed by atoms with Gasteiger partial charge in [-0.15, -0.1) is 6.58 Å². The van der Waals surface area contributed by atoms with E-state index in [1.54, 1.807) is 0 Å². The summed E-state index contributed by atoms with van der Waals surface area (Å²) in [4.78, 5) is 10.8. The molecule has 0 radical (unpaired) electrons. The van der Waals surface area contributed by atoms with Gasteiger partial charge in [0.25, 0.3) is 0 Å². The lowest BCUT2D eigenvalue weighted by atomic mass is 9.91. The van der Waals surface area contributed by atoms with Gasteiger partial charge in [0.05, 0.1) is 6.04 Å². The van der Waals surface area contributed by atoms with Crippen molar-refractivity contribution in [2.24, 2.45) is 5.92 Å². The van der Waals surface area contributed by atoms with Gasteiger partial charge in [-0.25, -0.2) is 4.79 Å². The third kappa shape index (κ3) is 3.94. The average Bonchev–Trinajstić information content (AvgIpc) is 2.26. The predicted octanol–water partition coefficient (Wildman–Crippen LogP) is 3.52. The molecule has 2 unspecified atom stereocenters. The highest BCUT2D eigenvalue weighted by Crippen LogP contribution is 2.25. The third-order valence-corrected chi connectivity index (χ3v) is 2.79. The zero-order valence-corrected chi connectivity index (χ0v) is 10.3. The number of allylic oxidation sites excluding steroid dienone is 1. The highest BCUT2D eigenvalue weighted by atomic mass is 16.4. The van der Waals surface area contributed by atoms with Crippen LogP contribution in [0.5, 0.6) is 0 Å². The lowest BCUT2D eigenvalue weighted by molar-refractivity contribution is 0.185. The van der Waals surface area contributed by atoms with Gasteiger partial charge in [-0.05, 0) is 24.8 Å². The molecule has 92 valence electrons. The minimum atomic E-state index is -0.993. The predicted molar refractivity (Wildman–Crippen MR) is 69.1 cm³/mol. The summed E-state index contributed by atoms with van der Waals surface area (Å²) in [6.45, 7) is 7.72. The fraction of sp³-hybridized carbons (Fsp3) is 0.357. The second-order valence-electron chi connectivity index (χ2n) is 4.34. The van der Waals surface area contributed by atoms with Gasteiger partial charge in [0.2, 0.25) is 0 Å². The van der Waals surface area contributed by atoms with Crippen LogP contribution in [0.3, 0.4) is 0 Å². The van der Waals surface area contributed by atoms with E-state index in [-0.39, 0.29) is 12.0 Å². The molecule has 0 aliphatic carbocycles. The zero-order valence-electron chi connectivity index (χ0n) is 10.3. The van der Waals surface area contributed by atoms with Crippen LogP contribution in [0.15, 0.2) is 36.9 Å². The number of amides is 1. The van der Waals surface area contributed by atoms with E-state index in [2.05, 4.69) is 11.9 Å². The average molecular weight is 233 g/mol. The summed E-state index contributed by atoms with van der Waals surface area (Å²) in [7, 11) is 0. The Morgan fingerprint density at radius 2 is 2.29 bits per heavy atom. The molecule has 0 saturated heterocycles. The first-order chi connectivity index (χ1) is 8.04. The molecule has 0 fully saturated rings. The maximum atomic E-state index is 10.8. The highest BCUT2D eigenvalue weighted by Gasteiger charge is 2.20. The number of rotatable bonds is 5. The van der Waals surface area contributed by atoms with Crippen molar-refractivity contribution in [2.75, 3.05) is 0 Å². The van der Waals surface area contributed by atoms with E-state index < -0.39 is 6.09 Å². The van der Waals surface area contributed by atoms with Crippen LogP contribution in [0.25, 0.3) is 0 Å². The molecule has 2 atom stereocenters. The van der Waals surface area contributed by atoms with Crippen LogP contribution in [0.4, 0.5) is 4.79 Å². The van der Waals surface area contributed by atoms with Crippen molar-refractivity contribution in [1.82, 2.24) is 5.32 Å². The Bertz CT molecular complexity index is 401. The zero-order chi connectivity index (χ0) is 12.8. The van der Waals surface area contributed by atoms with Crippen LogP contribution < -0.4 is 5.32 Å². The molecule has 0 bridgehead atoms. The van der Waals surface area contributed by atoms with Gasteiger partial charge in [0, 0.05) is 0 Å². The second-order valence-corrected chi connectivity index (χ2v) is 4.34. The summed E-state index contributed by atoms with van der Waals surface area (Å²) >= 11 is 0. The topological polar surface area (TPSA) is 49.3 Å². The molecule has 17 heavy (non-hydrogen) atoms. The first kappa shape index (κ1) is 13.3. The van der Waals surface area contributed by atoms with Crippen LogP contribution in [0, 0.1) is 12.8 Å². The van der Waals surface area contributed by atoms with E-state index in [0.29, 0.717) is 0 Å². The quantitative estimate of drug-likeness (QED) is 0.764. The van der Waals surface area contributed by atoms with Crippen LogP contribution >= 0.6 is 0 Å². The van der Waals surface area contributed by atoms with E-state index in [9.17, 15) is 4.79 Å². The molecule has 0 spiro atoms. The molecular weight excluding hydrogens is 214 g/mol. The Morgan fingerprint density at radius 3 is 2.82 bits per heavy atom. The number of hydrogen-bond donors (Lipinski definition) is 2. The largest absolute Gasteiger partial charge is 0.465 e. The molecule has 3 nitrogen and oxygen atoms in total. The molecular formula is C14H19NO2. The summed E-state index contributed by atoms with van der Waals surface area (Å²) in [6.07, 6.45) is 1.60. The standard InChI is InChI=1S/C14H19NO2/c1-4-6-11(3)13(15-14(16)17)12-8-5-7-10(2)9-12/h4-5,7-9,11,13,15H,1,6H2,2-3H3,(H,16,17). The summed E-state index contributed by atoms with van der Waals surface area (Å²) < 4.78 is 0. The fourth-order valence-electron chi connectivity index (χ4n) is 1.95. The maximum Gasteiger partial charge on any atom is 0.405 e. The van der Waals surface area contributed by atoms with E-state index in [1.165, 1.54) is 0 Å². The van der Waals surface area contributed by atoms with Crippen LogP contribution in [0.1, 0.15) is 30.5 Å². The minimum absolute atomic E-state index is 0.186. The Morgan fingerprint density at radius 1 is 1.59 bits per heavy atom. The van der Waals surface area contributed by atoms with E-state index in [0.717, 1.165) is 17.5 Å². The summed E-state index contributed by atoms with van der Waals surface area (Å²) in [5, 5.41) is 11.5. The summed E-state index contributed by atoms with van der Waals surface area (Å²) in [5.41, 5.74) is 2.13. The van der Waals surface area contributed by atoms with Gasteiger partial charge < -0.3 is 10.4 Å². The monoisotopic (exact) mass is 233 g/mol. The van der Waals surface area contributed by atoms with Crippen molar-refractivity contribution in [3.05, 3.63) is 48.0 Å². The number of nitrogens with one attached hydrogen (secondary N) is 1. The van der Waals surface area contributed by atoms with E-state index >= 15 is 0 Å². The molecule has 0 aliphatic heterocycles. The second kappa shape index (κ2) is 6.09. The normalized spacial score (nSPS) is 13.8. The molecule has 1 amide bonds. The molecule has 0 aromatic heterocycles. The SMILES string of the molecule is C=CCC(C)C(NC(=O)O)c1cccc(C)c1. The Labute approximate surface area is 102 Å². The highest BCUT2D eigenvalue weighted by molar-refractivity contribution is 5.65. The first-order valence-electron chi connectivity index (χ1n) is 5.71. The Kier molecular flexibility index (Phi) is 4.76. The molecule has 0 heterocycles. The van der Waals surface area contributed by atoms with Crippen LogP contribution in [-0.2, 0) is 0 Å². The number of carbonyl (C=O) groups is 1.